The smallest absolute Gasteiger partial charge is 0.270 e. The van der Waals surface area contributed by atoms with E-state index in [0.717, 1.165) is 12.0 Å². The zero-order valence-electron chi connectivity index (χ0n) is 13.4. The van der Waals surface area contributed by atoms with Gasteiger partial charge in [0.05, 0.1) is 0 Å². The molecular weight excluding hydrogens is 290 g/mol. The number of hydrogen-bond donors (Lipinski definition) is 2. The molecule has 0 unspecified atom stereocenters. The van der Waals surface area contributed by atoms with Gasteiger partial charge in [-0.1, -0.05) is 25.1 Å². The number of nitrogens with zero attached hydrogens (tertiary/aromatic N) is 1. The molecule has 120 valence electrons. The maximum atomic E-state index is 12.0. The Morgan fingerprint density at radius 2 is 1.83 bits per heavy atom. The number of amides is 2. The monoisotopic (exact) mass is 311 g/mol. The number of rotatable bonds is 6. The van der Waals surface area contributed by atoms with Crippen molar-refractivity contribution in [3.63, 3.8) is 0 Å². The van der Waals surface area contributed by atoms with E-state index in [-0.39, 0.29) is 17.9 Å². The van der Waals surface area contributed by atoms with Crippen LogP contribution in [0.15, 0.2) is 48.7 Å². The summed E-state index contributed by atoms with van der Waals surface area (Å²) < 4.78 is 0. The summed E-state index contributed by atoms with van der Waals surface area (Å²) in [6, 6.07) is 12.6. The van der Waals surface area contributed by atoms with E-state index in [2.05, 4.69) is 15.6 Å². The van der Waals surface area contributed by atoms with Crippen LogP contribution in [0.5, 0.6) is 0 Å². The van der Waals surface area contributed by atoms with Crippen molar-refractivity contribution in [3.05, 3.63) is 65.5 Å². The molecule has 0 saturated heterocycles. The van der Waals surface area contributed by atoms with E-state index in [4.69, 9.17) is 0 Å². The lowest BCUT2D eigenvalue weighted by molar-refractivity contribution is 0.0932. The zero-order chi connectivity index (χ0) is 16.7. The van der Waals surface area contributed by atoms with Gasteiger partial charge in [-0.3, -0.25) is 14.6 Å². The van der Waals surface area contributed by atoms with Crippen molar-refractivity contribution in [2.45, 2.75) is 32.9 Å². The summed E-state index contributed by atoms with van der Waals surface area (Å²) in [5.74, 6) is -0.299. The van der Waals surface area contributed by atoms with Gasteiger partial charge in [0.1, 0.15) is 5.69 Å². The standard InChI is InChI=1S/C18H21N3O2/c1-3-13(2)21-17(22)15-9-7-14(8-10-15)12-20-18(23)16-6-4-5-11-19-16/h4-11,13H,3,12H2,1-2H3,(H,20,23)(H,21,22)/t13-/m1/s1. The minimum atomic E-state index is -0.218. The summed E-state index contributed by atoms with van der Waals surface area (Å²) in [5.41, 5.74) is 1.93. The van der Waals surface area contributed by atoms with Gasteiger partial charge in [-0.15, -0.1) is 0 Å². The molecular formula is C18H21N3O2. The Bertz CT molecular complexity index is 654. The van der Waals surface area contributed by atoms with Gasteiger partial charge < -0.3 is 10.6 Å². The number of carbonyl (C=O) groups is 2. The molecule has 2 N–H and O–H groups in total. The number of hydrogen-bond acceptors (Lipinski definition) is 3. The van der Waals surface area contributed by atoms with E-state index in [1.807, 2.05) is 26.0 Å². The van der Waals surface area contributed by atoms with Crippen molar-refractivity contribution in [2.24, 2.45) is 0 Å². The van der Waals surface area contributed by atoms with Crippen molar-refractivity contribution in [2.75, 3.05) is 0 Å². The van der Waals surface area contributed by atoms with Gasteiger partial charge in [0.25, 0.3) is 11.8 Å². The van der Waals surface area contributed by atoms with Gasteiger partial charge in [0, 0.05) is 24.3 Å². The number of aromatic nitrogens is 1. The third kappa shape index (κ3) is 4.92. The first kappa shape index (κ1) is 16.7. The average Bonchev–Trinajstić information content (AvgIpc) is 2.60. The minimum absolute atomic E-state index is 0.0802. The maximum Gasteiger partial charge on any atom is 0.270 e. The quantitative estimate of drug-likeness (QED) is 0.861. The molecule has 0 fully saturated rings. The third-order valence-corrected chi connectivity index (χ3v) is 3.56. The summed E-state index contributed by atoms with van der Waals surface area (Å²) in [4.78, 5) is 27.9. The second kappa shape index (κ2) is 8.08. The lowest BCUT2D eigenvalue weighted by atomic mass is 10.1. The lowest BCUT2D eigenvalue weighted by Gasteiger charge is -2.11. The first-order valence-corrected chi connectivity index (χ1v) is 7.69. The Labute approximate surface area is 136 Å². The molecule has 5 heteroatoms. The largest absolute Gasteiger partial charge is 0.350 e. The Morgan fingerprint density at radius 1 is 1.09 bits per heavy atom. The van der Waals surface area contributed by atoms with E-state index >= 15 is 0 Å². The molecule has 0 aliphatic carbocycles. The molecule has 0 aliphatic heterocycles. The van der Waals surface area contributed by atoms with Gasteiger partial charge in [0.2, 0.25) is 0 Å². The van der Waals surface area contributed by atoms with Gasteiger partial charge in [-0.25, -0.2) is 0 Å². The van der Waals surface area contributed by atoms with Crippen LogP contribution in [-0.2, 0) is 6.54 Å². The van der Waals surface area contributed by atoms with Gasteiger partial charge in [-0.2, -0.15) is 0 Å². The number of pyridine rings is 1. The van der Waals surface area contributed by atoms with Crippen LogP contribution in [0, 0.1) is 0 Å². The molecule has 1 heterocycles. The Morgan fingerprint density at radius 3 is 2.43 bits per heavy atom. The fourth-order valence-electron chi connectivity index (χ4n) is 1.95. The van der Waals surface area contributed by atoms with Crippen LogP contribution in [0.1, 0.15) is 46.7 Å². The second-order valence-electron chi connectivity index (χ2n) is 5.38. The third-order valence-electron chi connectivity index (χ3n) is 3.56. The van der Waals surface area contributed by atoms with Crippen LogP contribution in [0.25, 0.3) is 0 Å². The van der Waals surface area contributed by atoms with Gasteiger partial charge >= 0.3 is 0 Å². The molecule has 0 spiro atoms. The van der Waals surface area contributed by atoms with Crippen molar-refractivity contribution < 1.29 is 9.59 Å². The SMILES string of the molecule is CC[C@@H](C)NC(=O)c1ccc(CNC(=O)c2ccccn2)cc1. The highest BCUT2D eigenvalue weighted by molar-refractivity contribution is 5.94. The van der Waals surface area contributed by atoms with Gasteiger partial charge in [0.15, 0.2) is 0 Å². The highest BCUT2D eigenvalue weighted by Gasteiger charge is 2.09. The van der Waals surface area contributed by atoms with Crippen molar-refractivity contribution in [1.29, 1.82) is 0 Å². The second-order valence-corrected chi connectivity index (χ2v) is 5.38. The Hall–Kier alpha value is -2.69. The van der Waals surface area contributed by atoms with Crippen LogP contribution in [-0.4, -0.2) is 22.8 Å². The highest BCUT2D eigenvalue weighted by Crippen LogP contribution is 2.06. The van der Waals surface area contributed by atoms with Crippen LogP contribution >= 0.6 is 0 Å². The van der Waals surface area contributed by atoms with E-state index in [1.54, 1.807) is 36.5 Å². The van der Waals surface area contributed by atoms with Gasteiger partial charge in [-0.05, 0) is 43.2 Å². The Balaban J connectivity index is 1.90. The molecule has 0 saturated carbocycles. The van der Waals surface area contributed by atoms with E-state index in [9.17, 15) is 9.59 Å². The number of carbonyl (C=O) groups excluding carboxylic acids is 2. The molecule has 1 aromatic heterocycles. The van der Waals surface area contributed by atoms with E-state index in [0.29, 0.717) is 17.8 Å². The predicted octanol–water partition coefficient (Wildman–Crippen LogP) is 2.54. The van der Waals surface area contributed by atoms with E-state index < -0.39 is 0 Å². The summed E-state index contributed by atoms with van der Waals surface area (Å²) in [5, 5.41) is 5.72. The lowest BCUT2D eigenvalue weighted by Crippen LogP contribution is -2.31. The summed E-state index contributed by atoms with van der Waals surface area (Å²) in [7, 11) is 0. The first-order valence-electron chi connectivity index (χ1n) is 7.69. The summed E-state index contributed by atoms with van der Waals surface area (Å²) in [6.45, 7) is 4.39. The number of benzene rings is 1. The average molecular weight is 311 g/mol. The van der Waals surface area contributed by atoms with Crippen LogP contribution < -0.4 is 10.6 Å². The molecule has 0 radical (unpaired) electrons. The molecule has 1 atom stereocenters. The van der Waals surface area contributed by atoms with Crippen molar-refractivity contribution >= 4 is 11.8 Å². The molecule has 23 heavy (non-hydrogen) atoms. The highest BCUT2D eigenvalue weighted by atomic mass is 16.2. The van der Waals surface area contributed by atoms with Crippen LogP contribution in [0.3, 0.4) is 0 Å². The maximum absolute atomic E-state index is 12.0. The molecule has 5 nitrogen and oxygen atoms in total. The summed E-state index contributed by atoms with van der Waals surface area (Å²) >= 11 is 0. The molecule has 0 aliphatic rings. The fraction of sp³-hybridized carbons (Fsp3) is 0.278. The van der Waals surface area contributed by atoms with Crippen LogP contribution in [0.2, 0.25) is 0 Å². The number of nitrogens with one attached hydrogen (secondary N) is 2. The molecule has 2 amide bonds. The molecule has 2 rings (SSSR count). The topological polar surface area (TPSA) is 71.1 Å². The van der Waals surface area contributed by atoms with Crippen LogP contribution in [0.4, 0.5) is 0 Å². The molecule has 1 aromatic carbocycles. The van der Waals surface area contributed by atoms with Crippen molar-refractivity contribution in [3.8, 4) is 0 Å². The molecule has 2 aromatic rings. The summed E-state index contributed by atoms with van der Waals surface area (Å²) in [6.07, 6.45) is 2.48. The zero-order valence-corrected chi connectivity index (χ0v) is 13.4. The first-order chi connectivity index (χ1) is 11.1. The minimum Gasteiger partial charge on any atom is -0.350 e. The molecule has 0 bridgehead atoms. The normalized spacial score (nSPS) is 11.6. The van der Waals surface area contributed by atoms with Crippen molar-refractivity contribution in [1.82, 2.24) is 15.6 Å². The predicted molar refractivity (Wildman–Crippen MR) is 89.1 cm³/mol. The Kier molecular flexibility index (Phi) is 5.86. The fourth-order valence-corrected chi connectivity index (χ4v) is 1.95. The van der Waals surface area contributed by atoms with E-state index in [1.165, 1.54) is 0 Å².